The van der Waals surface area contributed by atoms with Gasteiger partial charge in [0, 0.05) is 11.6 Å². The number of methoxy groups -OCH3 is 1. The number of hydrogen-bond donors (Lipinski definition) is 1. The first-order chi connectivity index (χ1) is 8.06. The maximum atomic E-state index is 9.40. The Hall–Kier alpha value is -0.730. The monoisotopic (exact) mass is 256 g/mol. The van der Waals surface area contributed by atoms with Crippen LogP contribution in [0.2, 0.25) is 5.02 Å². The van der Waals surface area contributed by atoms with Gasteiger partial charge in [-0.05, 0) is 48.4 Å². The van der Waals surface area contributed by atoms with Gasteiger partial charge >= 0.3 is 0 Å². The van der Waals surface area contributed by atoms with Crippen LogP contribution in [-0.2, 0) is 6.42 Å². The van der Waals surface area contributed by atoms with Gasteiger partial charge in [-0.25, -0.2) is 0 Å². The van der Waals surface area contributed by atoms with E-state index in [2.05, 4.69) is 13.8 Å². The first kappa shape index (κ1) is 14.3. The van der Waals surface area contributed by atoms with Gasteiger partial charge < -0.3 is 9.84 Å². The summed E-state index contributed by atoms with van der Waals surface area (Å²) in [7, 11) is 1.66. The molecule has 0 aliphatic carbocycles. The standard InChI is InChI=1S/C14H21ClO2/c1-10(2)6-11(9-16)7-12-8-13(15)4-5-14(12)17-3/h4-5,8,10-11,16H,6-7,9H2,1-3H3. The normalized spacial score (nSPS) is 12.8. The molecule has 0 saturated heterocycles. The molecule has 1 rings (SSSR count). The van der Waals surface area contributed by atoms with Crippen LogP contribution in [0.4, 0.5) is 0 Å². The molecule has 0 bridgehead atoms. The molecule has 0 aliphatic heterocycles. The summed E-state index contributed by atoms with van der Waals surface area (Å²) in [5, 5.41) is 10.1. The van der Waals surface area contributed by atoms with Crippen LogP contribution >= 0.6 is 11.6 Å². The van der Waals surface area contributed by atoms with E-state index in [1.54, 1.807) is 7.11 Å². The third-order valence-corrected chi connectivity index (χ3v) is 3.05. The van der Waals surface area contributed by atoms with Crippen LogP contribution in [0, 0.1) is 11.8 Å². The van der Waals surface area contributed by atoms with E-state index in [4.69, 9.17) is 16.3 Å². The Kier molecular flexibility index (Phi) is 5.79. The van der Waals surface area contributed by atoms with E-state index in [9.17, 15) is 5.11 Å². The highest BCUT2D eigenvalue weighted by Crippen LogP contribution is 2.27. The SMILES string of the molecule is COc1ccc(Cl)cc1CC(CO)CC(C)C. The van der Waals surface area contributed by atoms with Gasteiger partial charge in [-0.1, -0.05) is 25.4 Å². The fourth-order valence-corrected chi connectivity index (χ4v) is 2.30. The first-order valence-corrected chi connectivity index (χ1v) is 6.37. The number of aliphatic hydroxyl groups is 1. The van der Waals surface area contributed by atoms with Gasteiger partial charge in [0.15, 0.2) is 0 Å². The second-order valence-electron chi connectivity index (χ2n) is 4.84. The second kappa shape index (κ2) is 6.87. The Morgan fingerprint density at radius 3 is 2.59 bits per heavy atom. The molecule has 0 fully saturated rings. The summed E-state index contributed by atoms with van der Waals surface area (Å²) in [6, 6.07) is 5.62. The average molecular weight is 257 g/mol. The molecule has 3 heteroatoms. The van der Waals surface area contributed by atoms with Crippen molar-refractivity contribution in [3.05, 3.63) is 28.8 Å². The molecule has 0 radical (unpaired) electrons. The highest BCUT2D eigenvalue weighted by molar-refractivity contribution is 6.30. The van der Waals surface area contributed by atoms with Crippen molar-refractivity contribution in [2.75, 3.05) is 13.7 Å². The average Bonchev–Trinajstić information content (AvgIpc) is 2.28. The minimum absolute atomic E-state index is 0.202. The predicted octanol–water partition coefficient (Wildman–Crippen LogP) is 3.55. The molecular formula is C14H21ClO2. The zero-order chi connectivity index (χ0) is 12.8. The molecule has 0 heterocycles. The van der Waals surface area contributed by atoms with Crippen LogP contribution in [0.1, 0.15) is 25.8 Å². The van der Waals surface area contributed by atoms with E-state index >= 15 is 0 Å². The predicted molar refractivity (Wildman–Crippen MR) is 71.7 cm³/mol. The van der Waals surface area contributed by atoms with Crippen LogP contribution in [-0.4, -0.2) is 18.8 Å². The fourth-order valence-electron chi connectivity index (χ4n) is 2.11. The Morgan fingerprint density at radius 1 is 1.35 bits per heavy atom. The van der Waals surface area contributed by atoms with Crippen molar-refractivity contribution in [2.24, 2.45) is 11.8 Å². The number of aliphatic hydroxyl groups excluding tert-OH is 1. The van der Waals surface area contributed by atoms with Gasteiger partial charge in [-0.3, -0.25) is 0 Å². The lowest BCUT2D eigenvalue weighted by atomic mass is 9.91. The summed E-state index contributed by atoms with van der Waals surface area (Å²) in [4.78, 5) is 0. The van der Waals surface area contributed by atoms with E-state index in [-0.39, 0.29) is 12.5 Å². The molecule has 0 spiro atoms. The minimum atomic E-state index is 0.202. The lowest BCUT2D eigenvalue weighted by molar-refractivity contribution is 0.204. The minimum Gasteiger partial charge on any atom is -0.496 e. The smallest absolute Gasteiger partial charge is 0.122 e. The maximum Gasteiger partial charge on any atom is 0.122 e. The molecule has 1 aromatic rings. The molecule has 1 unspecified atom stereocenters. The van der Waals surface area contributed by atoms with E-state index in [1.807, 2.05) is 18.2 Å². The zero-order valence-electron chi connectivity index (χ0n) is 10.7. The molecule has 0 amide bonds. The van der Waals surface area contributed by atoms with Gasteiger partial charge in [-0.2, -0.15) is 0 Å². The van der Waals surface area contributed by atoms with Crippen molar-refractivity contribution in [3.63, 3.8) is 0 Å². The van der Waals surface area contributed by atoms with E-state index in [0.717, 1.165) is 24.2 Å². The Labute approximate surface area is 109 Å². The zero-order valence-corrected chi connectivity index (χ0v) is 11.5. The lowest BCUT2D eigenvalue weighted by Gasteiger charge is -2.18. The van der Waals surface area contributed by atoms with Gasteiger partial charge in [0.25, 0.3) is 0 Å². The largest absolute Gasteiger partial charge is 0.496 e. The van der Waals surface area contributed by atoms with Crippen LogP contribution in [0.25, 0.3) is 0 Å². The van der Waals surface area contributed by atoms with Crippen LogP contribution in [0.15, 0.2) is 18.2 Å². The van der Waals surface area contributed by atoms with Crippen molar-refractivity contribution in [1.82, 2.24) is 0 Å². The van der Waals surface area contributed by atoms with Crippen LogP contribution in [0.5, 0.6) is 5.75 Å². The molecule has 17 heavy (non-hydrogen) atoms. The molecular weight excluding hydrogens is 236 g/mol. The summed E-state index contributed by atoms with van der Waals surface area (Å²) in [6.07, 6.45) is 1.81. The molecule has 0 saturated carbocycles. The molecule has 0 aromatic heterocycles. The summed E-state index contributed by atoms with van der Waals surface area (Å²) >= 11 is 5.99. The third-order valence-electron chi connectivity index (χ3n) is 2.81. The summed E-state index contributed by atoms with van der Waals surface area (Å²) in [5.74, 6) is 1.69. The summed E-state index contributed by atoms with van der Waals surface area (Å²) in [6.45, 7) is 4.53. The van der Waals surface area contributed by atoms with Crippen molar-refractivity contribution in [3.8, 4) is 5.75 Å². The van der Waals surface area contributed by atoms with Gasteiger partial charge in [0.1, 0.15) is 5.75 Å². The molecule has 1 aromatic carbocycles. The van der Waals surface area contributed by atoms with Crippen molar-refractivity contribution >= 4 is 11.6 Å². The van der Waals surface area contributed by atoms with Crippen molar-refractivity contribution in [2.45, 2.75) is 26.7 Å². The number of benzene rings is 1. The van der Waals surface area contributed by atoms with Crippen molar-refractivity contribution in [1.29, 1.82) is 0 Å². The van der Waals surface area contributed by atoms with E-state index in [1.165, 1.54) is 0 Å². The number of halogens is 1. The Morgan fingerprint density at radius 2 is 2.06 bits per heavy atom. The topological polar surface area (TPSA) is 29.5 Å². The molecule has 96 valence electrons. The first-order valence-electron chi connectivity index (χ1n) is 6.00. The fraction of sp³-hybridized carbons (Fsp3) is 0.571. The van der Waals surface area contributed by atoms with Gasteiger partial charge in [0.05, 0.1) is 7.11 Å². The highest BCUT2D eigenvalue weighted by Gasteiger charge is 2.14. The number of hydrogen-bond acceptors (Lipinski definition) is 2. The van der Waals surface area contributed by atoms with Gasteiger partial charge in [0.2, 0.25) is 0 Å². The van der Waals surface area contributed by atoms with Crippen molar-refractivity contribution < 1.29 is 9.84 Å². The summed E-state index contributed by atoms with van der Waals surface area (Å²) < 4.78 is 5.31. The van der Waals surface area contributed by atoms with Crippen LogP contribution < -0.4 is 4.74 Å². The number of ether oxygens (including phenoxy) is 1. The Bertz CT molecular complexity index is 350. The van der Waals surface area contributed by atoms with E-state index < -0.39 is 0 Å². The quantitative estimate of drug-likeness (QED) is 0.844. The molecule has 1 atom stereocenters. The third kappa shape index (κ3) is 4.57. The molecule has 2 nitrogen and oxygen atoms in total. The molecule has 1 N–H and O–H groups in total. The van der Waals surface area contributed by atoms with Crippen LogP contribution in [0.3, 0.4) is 0 Å². The maximum absolute atomic E-state index is 9.40. The summed E-state index contributed by atoms with van der Waals surface area (Å²) in [5.41, 5.74) is 1.07. The lowest BCUT2D eigenvalue weighted by Crippen LogP contribution is -2.13. The second-order valence-corrected chi connectivity index (χ2v) is 5.27. The highest BCUT2D eigenvalue weighted by atomic mass is 35.5. The Balaban J connectivity index is 2.80. The van der Waals surface area contributed by atoms with Gasteiger partial charge in [-0.15, -0.1) is 0 Å². The molecule has 0 aliphatic rings. The van der Waals surface area contributed by atoms with E-state index in [0.29, 0.717) is 10.9 Å². The number of rotatable bonds is 6.